The Hall–Kier alpha value is -1.15. The van der Waals surface area contributed by atoms with Crippen LogP contribution in [-0.2, 0) is 14.4 Å². The van der Waals surface area contributed by atoms with Crippen molar-refractivity contribution < 1.29 is 34.8 Å². The summed E-state index contributed by atoms with van der Waals surface area (Å²) >= 11 is 0. The minimum atomic E-state index is -1.97. The van der Waals surface area contributed by atoms with Gasteiger partial charge in [-0.25, -0.2) is 0 Å². The van der Waals surface area contributed by atoms with Gasteiger partial charge in [0.25, 0.3) is 5.78 Å². The minimum Gasteiger partial charge on any atom is -0.393 e. The van der Waals surface area contributed by atoms with Crippen molar-refractivity contribution in [3.63, 3.8) is 0 Å². The molecule has 0 spiro atoms. The van der Waals surface area contributed by atoms with Gasteiger partial charge in [-0.2, -0.15) is 0 Å². The third-order valence-corrected chi connectivity index (χ3v) is 1.40. The topological polar surface area (TPSA) is 132 Å². The highest BCUT2D eigenvalue weighted by molar-refractivity contribution is 6.65. The van der Waals surface area contributed by atoms with Gasteiger partial charge in [-0.05, 0) is 0 Å². The van der Waals surface area contributed by atoms with Gasteiger partial charge in [-0.3, -0.25) is 14.4 Å². The van der Waals surface area contributed by atoms with Crippen LogP contribution in [0.25, 0.3) is 0 Å². The first-order chi connectivity index (χ1) is 6.45. The molecule has 0 radical (unpaired) electrons. The molecule has 0 fully saturated rings. The van der Waals surface area contributed by atoms with Crippen LogP contribution in [-0.4, -0.2) is 63.2 Å². The Morgan fingerprint density at radius 3 is 1.36 bits per heavy atom. The SMILES string of the molecule is O=C(C(=O)C(O)CO)C(=O)C(O)CO. The molecule has 0 heterocycles. The number of hydrogen-bond acceptors (Lipinski definition) is 7. The predicted octanol–water partition coefficient (Wildman–Crippen LogP) is -3.60. The Bertz CT molecular complexity index is 222. The Kier molecular flexibility index (Phi) is 5.10. The Labute approximate surface area is 78.6 Å². The maximum absolute atomic E-state index is 10.8. The Balaban J connectivity index is 4.48. The maximum atomic E-state index is 10.8. The third-order valence-electron chi connectivity index (χ3n) is 1.40. The van der Waals surface area contributed by atoms with Gasteiger partial charge in [-0.15, -0.1) is 0 Å². The number of carbonyl (C=O) groups is 3. The van der Waals surface area contributed by atoms with Gasteiger partial charge >= 0.3 is 0 Å². The first-order valence-corrected chi connectivity index (χ1v) is 3.66. The number of rotatable bonds is 6. The largest absolute Gasteiger partial charge is 0.393 e. The summed E-state index contributed by atoms with van der Waals surface area (Å²) in [5.41, 5.74) is 0. The summed E-state index contributed by atoms with van der Waals surface area (Å²) in [6, 6.07) is 0. The van der Waals surface area contributed by atoms with E-state index in [-0.39, 0.29) is 0 Å². The zero-order valence-corrected chi connectivity index (χ0v) is 7.08. The molecule has 0 aliphatic heterocycles. The van der Waals surface area contributed by atoms with E-state index in [1.807, 2.05) is 0 Å². The van der Waals surface area contributed by atoms with Crippen LogP contribution in [0, 0.1) is 0 Å². The minimum absolute atomic E-state index is 0.993. The van der Waals surface area contributed by atoms with E-state index in [9.17, 15) is 14.4 Å². The van der Waals surface area contributed by atoms with Gasteiger partial charge in [0.1, 0.15) is 12.2 Å². The molecule has 0 amide bonds. The monoisotopic (exact) mass is 206 g/mol. The summed E-state index contributed by atoms with van der Waals surface area (Å²) < 4.78 is 0. The molecule has 0 aromatic carbocycles. The summed E-state index contributed by atoms with van der Waals surface area (Å²) in [4.78, 5) is 32.3. The normalized spacial score (nSPS) is 14.6. The van der Waals surface area contributed by atoms with Gasteiger partial charge in [0, 0.05) is 0 Å². The van der Waals surface area contributed by atoms with E-state index < -0.39 is 42.8 Å². The second-order valence-electron chi connectivity index (χ2n) is 2.45. The smallest absolute Gasteiger partial charge is 0.269 e. The zero-order valence-electron chi connectivity index (χ0n) is 7.08. The van der Waals surface area contributed by atoms with Gasteiger partial charge in [0.15, 0.2) is 0 Å². The fourth-order valence-corrected chi connectivity index (χ4v) is 0.590. The van der Waals surface area contributed by atoms with Crippen molar-refractivity contribution in [1.29, 1.82) is 0 Å². The Morgan fingerprint density at radius 1 is 0.857 bits per heavy atom. The van der Waals surface area contributed by atoms with E-state index in [1.165, 1.54) is 0 Å². The van der Waals surface area contributed by atoms with Crippen LogP contribution in [0.15, 0.2) is 0 Å². The average molecular weight is 206 g/mol. The van der Waals surface area contributed by atoms with Crippen LogP contribution in [0.1, 0.15) is 0 Å². The van der Waals surface area contributed by atoms with Crippen LogP contribution in [0.4, 0.5) is 0 Å². The van der Waals surface area contributed by atoms with E-state index in [2.05, 4.69) is 0 Å². The van der Waals surface area contributed by atoms with Crippen molar-refractivity contribution in [3.8, 4) is 0 Å². The van der Waals surface area contributed by atoms with Crippen molar-refractivity contribution in [1.82, 2.24) is 0 Å². The highest BCUT2D eigenvalue weighted by Crippen LogP contribution is 1.93. The number of hydrogen-bond donors (Lipinski definition) is 4. The van der Waals surface area contributed by atoms with E-state index in [0.29, 0.717) is 0 Å². The third kappa shape index (κ3) is 2.96. The van der Waals surface area contributed by atoms with E-state index in [4.69, 9.17) is 20.4 Å². The molecule has 0 aliphatic carbocycles. The van der Waals surface area contributed by atoms with Gasteiger partial charge in [0.05, 0.1) is 13.2 Å². The molecule has 0 aromatic heterocycles. The van der Waals surface area contributed by atoms with Crippen LogP contribution < -0.4 is 0 Å². The van der Waals surface area contributed by atoms with Crippen LogP contribution in [0.2, 0.25) is 0 Å². The molecule has 7 heteroatoms. The molecule has 0 bridgehead atoms. The second kappa shape index (κ2) is 5.55. The quantitative estimate of drug-likeness (QED) is 0.260. The molecule has 0 saturated carbocycles. The standard InChI is InChI=1S/C7H10O7/c8-1-3(10)5(12)7(14)6(13)4(11)2-9/h3-4,8-11H,1-2H2. The van der Waals surface area contributed by atoms with Crippen LogP contribution in [0.5, 0.6) is 0 Å². The highest BCUT2D eigenvalue weighted by atomic mass is 16.3. The molecular formula is C7H10O7. The first-order valence-electron chi connectivity index (χ1n) is 3.66. The summed E-state index contributed by atoms with van der Waals surface area (Å²) in [6.45, 7) is -1.99. The molecule has 0 saturated heterocycles. The highest BCUT2D eigenvalue weighted by Gasteiger charge is 2.32. The fourth-order valence-electron chi connectivity index (χ4n) is 0.590. The molecular weight excluding hydrogens is 196 g/mol. The molecule has 14 heavy (non-hydrogen) atoms. The van der Waals surface area contributed by atoms with Gasteiger partial charge < -0.3 is 20.4 Å². The van der Waals surface area contributed by atoms with E-state index in [1.54, 1.807) is 0 Å². The van der Waals surface area contributed by atoms with Gasteiger partial charge in [-0.1, -0.05) is 0 Å². The number of carbonyl (C=O) groups excluding carboxylic acids is 3. The molecule has 2 unspecified atom stereocenters. The summed E-state index contributed by atoms with van der Waals surface area (Å²) in [6.07, 6.45) is -3.95. The lowest BCUT2D eigenvalue weighted by Crippen LogP contribution is -2.41. The average Bonchev–Trinajstić information content (AvgIpc) is 2.23. The summed E-state index contributed by atoms with van der Waals surface area (Å²) in [5, 5.41) is 33.9. The lowest BCUT2D eigenvalue weighted by Gasteiger charge is -2.06. The zero-order chi connectivity index (χ0) is 11.3. The van der Waals surface area contributed by atoms with Gasteiger partial charge in [0.2, 0.25) is 11.6 Å². The molecule has 4 N–H and O–H groups in total. The molecule has 2 atom stereocenters. The van der Waals surface area contributed by atoms with Crippen molar-refractivity contribution in [2.75, 3.05) is 13.2 Å². The second-order valence-corrected chi connectivity index (χ2v) is 2.45. The predicted molar refractivity (Wildman–Crippen MR) is 41.2 cm³/mol. The number of aliphatic hydroxyl groups is 4. The Morgan fingerprint density at radius 2 is 1.14 bits per heavy atom. The molecule has 0 aromatic rings. The van der Waals surface area contributed by atoms with Crippen molar-refractivity contribution >= 4 is 17.3 Å². The molecule has 0 aliphatic rings. The van der Waals surface area contributed by atoms with Crippen molar-refractivity contribution in [2.45, 2.75) is 12.2 Å². The number of ketones is 3. The number of Topliss-reactive ketones (excluding diaryl/α,β-unsaturated/α-hetero) is 3. The number of aliphatic hydroxyl groups excluding tert-OH is 4. The van der Waals surface area contributed by atoms with Crippen LogP contribution in [0.3, 0.4) is 0 Å². The van der Waals surface area contributed by atoms with Crippen molar-refractivity contribution in [2.24, 2.45) is 0 Å². The molecule has 0 rings (SSSR count). The van der Waals surface area contributed by atoms with Crippen LogP contribution >= 0.6 is 0 Å². The fraction of sp³-hybridized carbons (Fsp3) is 0.571. The summed E-state index contributed by atoms with van der Waals surface area (Å²) in [7, 11) is 0. The van der Waals surface area contributed by atoms with E-state index in [0.717, 1.165) is 0 Å². The lowest BCUT2D eigenvalue weighted by molar-refractivity contribution is -0.151. The maximum Gasteiger partial charge on any atom is 0.269 e. The molecule has 80 valence electrons. The first kappa shape index (κ1) is 12.8. The van der Waals surface area contributed by atoms with Crippen molar-refractivity contribution in [3.05, 3.63) is 0 Å². The lowest BCUT2D eigenvalue weighted by atomic mass is 10.1. The summed E-state index contributed by atoms with van der Waals surface area (Å²) in [5.74, 6) is -4.66. The molecule has 7 nitrogen and oxygen atoms in total. The van der Waals surface area contributed by atoms with E-state index >= 15 is 0 Å².